The Balaban J connectivity index is 1.08. The van der Waals surface area contributed by atoms with E-state index in [0.29, 0.717) is 44.9 Å². The summed E-state index contributed by atoms with van der Waals surface area (Å²) < 4.78 is 53.8. The molecule has 4 aliphatic heterocycles. The molecule has 7 fully saturated rings. The SMILES string of the molecule is COC1CC(C=CC(=O)OC[C@H]2O[C@@H](O[C@H]3[C@H](OC4CC5C(CC(O)CC5O[C@@H]5O[C@H](CO)[C@@H](O)[C@H](O)[C@H]5O)OC4C4CCC(O)CC4)O[C@H](CO)[C@@H](O)[C@@H]3O)[C@H](O)[C@@H](O)[C@@H]2O)CCC1O. The van der Waals surface area contributed by atoms with E-state index in [1.165, 1.54) is 13.2 Å². The summed E-state index contributed by atoms with van der Waals surface area (Å²) in [6.45, 7) is -2.09. The van der Waals surface area contributed by atoms with Gasteiger partial charge in [0.05, 0.1) is 62.0 Å². The van der Waals surface area contributed by atoms with Gasteiger partial charge < -0.3 is 109 Å². The van der Waals surface area contributed by atoms with Crippen molar-refractivity contribution in [3.8, 4) is 0 Å². The molecule has 4 heterocycles. The van der Waals surface area contributed by atoms with Gasteiger partial charge in [0.15, 0.2) is 18.9 Å². The van der Waals surface area contributed by atoms with E-state index in [0.717, 1.165) is 0 Å². The third-order valence-electron chi connectivity index (χ3n) is 14.6. The number of carbonyl (C=O) groups excluding carboxylic acids is 1. The maximum atomic E-state index is 12.7. The Bertz CT molecular complexity index is 1550. The fourth-order valence-corrected chi connectivity index (χ4v) is 10.7. The molecule has 0 aromatic carbocycles. The summed E-state index contributed by atoms with van der Waals surface area (Å²) in [7, 11) is 1.49. The zero-order valence-corrected chi connectivity index (χ0v) is 36.8. The smallest absolute Gasteiger partial charge is 0.330 e. The molecule has 7 rings (SSSR count). The lowest BCUT2D eigenvalue weighted by atomic mass is 9.73. The molecular formula is C43H70O23. The molecule has 0 aromatic heterocycles. The summed E-state index contributed by atoms with van der Waals surface area (Å²) in [5.74, 6) is -1.68. The second-order valence-electron chi connectivity index (χ2n) is 19.0. The minimum atomic E-state index is -1.96. The molecule has 24 atom stereocenters. The van der Waals surface area contributed by atoms with E-state index in [1.54, 1.807) is 6.08 Å². The van der Waals surface area contributed by atoms with E-state index in [1.807, 2.05) is 0 Å². The van der Waals surface area contributed by atoms with Gasteiger partial charge in [-0.1, -0.05) is 6.08 Å². The standard InChI is InChI=1S/C43H70O23/c1-58-25-10-17(2-8-22(25)48)3-9-30(49)59-16-29-33(52)35(54)38(57)42(65-29)66-40-36(55)32(51)28(15-45)64-43(40)62-26-13-21-23(60-39(26)18-4-6-19(46)7-5-18)11-20(47)12-24(21)61-41-37(56)34(53)31(50)27(14-44)63-41/h3,9,17-29,31-48,50-57H,2,4-8,10-16H2,1H3/t17?,18?,19?,20?,21?,22?,23?,24?,25?,26?,27-,28-,29-,31-,32-,33-,34+,35+,36+,37-,38-,39?,40-,41-,42+,43-/m1/s1. The summed E-state index contributed by atoms with van der Waals surface area (Å²) in [5, 5.41) is 138. The molecule has 9 unspecified atom stereocenters. The van der Waals surface area contributed by atoms with Gasteiger partial charge in [0, 0.05) is 25.5 Å². The van der Waals surface area contributed by atoms with Crippen molar-refractivity contribution in [3.63, 3.8) is 0 Å². The molecule has 13 N–H and O–H groups in total. The topological polar surface area (TPSA) is 363 Å². The summed E-state index contributed by atoms with van der Waals surface area (Å²) in [6.07, 6.45) is -24.4. The Kier molecular flexibility index (Phi) is 18.2. The van der Waals surface area contributed by atoms with E-state index >= 15 is 0 Å². The Labute approximate surface area is 381 Å². The molecule has 380 valence electrons. The van der Waals surface area contributed by atoms with Crippen molar-refractivity contribution in [3.05, 3.63) is 12.2 Å². The molecule has 7 aliphatic rings. The van der Waals surface area contributed by atoms with Crippen molar-refractivity contribution in [2.75, 3.05) is 26.9 Å². The predicted molar refractivity (Wildman–Crippen MR) is 217 cm³/mol. The molecule has 0 bridgehead atoms. The monoisotopic (exact) mass is 954 g/mol. The number of aliphatic hydroxyl groups is 13. The summed E-state index contributed by atoms with van der Waals surface area (Å²) in [5.41, 5.74) is 0. The van der Waals surface area contributed by atoms with Crippen LogP contribution in [0.5, 0.6) is 0 Å². The Morgan fingerprint density at radius 1 is 0.561 bits per heavy atom. The number of allylic oxidation sites excluding steroid dienone is 1. The first-order valence-corrected chi connectivity index (χ1v) is 23.2. The van der Waals surface area contributed by atoms with Crippen LogP contribution in [0.2, 0.25) is 0 Å². The van der Waals surface area contributed by atoms with Crippen LogP contribution in [0.25, 0.3) is 0 Å². The third kappa shape index (κ3) is 11.8. The summed E-state index contributed by atoms with van der Waals surface area (Å²) in [4.78, 5) is 12.7. The van der Waals surface area contributed by atoms with Gasteiger partial charge >= 0.3 is 5.97 Å². The van der Waals surface area contributed by atoms with Gasteiger partial charge in [0.25, 0.3) is 0 Å². The maximum absolute atomic E-state index is 12.7. The molecule has 23 nitrogen and oxygen atoms in total. The highest BCUT2D eigenvalue weighted by Gasteiger charge is 2.56. The van der Waals surface area contributed by atoms with E-state index < -0.39 is 173 Å². The van der Waals surface area contributed by atoms with Crippen LogP contribution in [-0.2, 0) is 47.4 Å². The molecule has 66 heavy (non-hydrogen) atoms. The van der Waals surface area contributed by atoms with E-state index in [4.69, 9.17) is 42.6 Å². The number of fused-ring (bicyclic) bond motifs is 1. The third-order valence-corrected chi connectivity index (χ3v) is 14.6. The molecule has 0 spiro atoms. The molecule has 0 aromatic rings. The van der Waals surface area contributed by atoms with Crippen molar-refractivity contribution in [2.24, 2.45) is 17.8 Å². The first-order chi connectivity index (χ1) is 31.5. The van der Waals surface area contributed by atoms with Gasteiger partial charge in [-0.3, -0.25) is 0 Å². The van der Waals surface area contributed by atoms with Crippen LogP contribution in [0.3, 0.4) is 0 Å². The van der Waals surface area contributed by atoms with Gasteiger partial charge in [-0.15, -0.1) is 0 Å². The van der Waals surface area contributed by atoms with Crippen LogP contribution >= 0.6 is 0 Å². The fourth-order valence-electron chi connectivity index (χ4n) is 10.7. The minimum Gasteiger partial charge on any atom is -0.460 e. The van der Waals surface area contributed by atoms with E-state index in [2.05, 4.69) is 0 Å². The second kappa shape index (κ2) is 23.1. The molecule has 4 saturated heterocycles. The number of aliphatic hydroxyl groups excluding tert-OH is 13. The van der Waals surface area contributed by atoms with Gasteiger partial charge in [0.2, 0.25) is 0 Å². The average Bonchev–Trinajstić information content (AvgIpc) is 3.30. The van der Waals surface area contributed by atoms with Crippen LogP contribution in [0.1, 0.15) is 64.2 Å². The van der Waals surface area contributed by atoms with Gasteiger partial charge in [-0.25, -0.2) is 4.79 Å². The Morgan fingerprint density at radius 3 is 1.80 bits per heavy atom. The maximum Gasteiger partial charge on any atom is 0.330 e. The highest BCUT2D eigenvalue weighted by Crippen LogP contribution is 2.45. The van der Waals surface area contributed by atoms with Crippen LogP contribution in [0.15, 0.2) is 12.2 Å². The zero-order chi connectivity index (χ0) is 47.6. The summed E-state index contributed by atoms with van der Waals surface area (Å²) in [6, 6.07) is 0. The number of hydrogen-bond acceptors (Lipinski definition) is 23. The molecule has 23 heteroatoms. The lowest BCUT2D eigenvalue weighted by Crippen LogP contribution is -2.66. The first kappa shape index (κ1) is 52.2. The Hall–Kier alpha value is -1.63. The normalized spacial score (nSPS) is 50.5. The number of rotatable bonds is 14. The molecule has 0 radical (unpaired) electrons. The lowest BCUT2D eigenvalue weighted by molar-refractivity contribution is -0.380. The number of esters is 1. The van der Waals surface area contributed by atoms with Crippen molar-refractivity contribution in [2.45, 2.75) is 205 Å². The van der Waals surface area contributed by atoms with Crippen molar-refractivity contribution >= 4 is 5.97 Å². The fraction of sp³-hybridized carbons (Fsp3) is 0.930. The highest BCUT2D eigenvalue weighted by atomic mass is 16.8. The quantitative estimate of drug-likeness (QED) is 0.0572. The summed E-state index contributed by atoms with van der Waals surface area (Å²) >= 11 is 0. The zero-order valence-electron chi connectivity index (χ0n) is 36.8. The molecule has 3 saturated carbocycles. The largest absolute Gasteiger partial charge is 0.460 e. The predicted octanol–water partition coefficient (Wildman–Crippen LogP) is -5.06. The average molecular weight is 955 g/mol. The van der Waals surface area contributed by atoms with Crippen molar-refractivity contribution < 1.29 is 114 Å². The highest BCUT2D eigenvalue weighted by molar-refractivity contribution is 5.81. The van der Waals surface area contributed by atoms with Crippen LogP contribution in [0, 0.1) is 17.8 Å². The van der Waals surface area contributed by atoms with Crippen LogP contribution < -0.4 is 0 Å². The van der Waals surface area contributed by atoms with E-state index in [9.17, 15) is 71.2 Å². The van der Waals surface area contributed by atoms with Crippen molar-refractivity contribution in [1.29, 1.82) is 0 Å². The van der Waals surface area contributed by atoms with Crippen LogP contribution in [-0.4, -0.2) is 240 Å². The van der Waals surface area contributed by atoms with Gasteiger partial charge in [-0.05, 0) is 69.6 Å². The molecular weight excluding hydrogens is 884 g/mol. The molecule has 0 amide bonds. The van der Waals surface area contributed by atoms with E-state index in [-0.39, 0.29) is 31.1 Å². The number of carbonyl (C=O) groups is 1. The van der Waals surface area contributed by atoms with Crippen LogP contribution in [0.4, 0.5) is 0 Å². The first-order valence-electron chi connectivity index (χ1n) is 23.2. The lowest BCUT2D eigenvalue weighted by Gasteiger charge is -2.52. The minimum absolute atomic E-state index is 0.0217. The molecule has 3 aliphatic carbocycles. The number of methoxy groups -OCH3 is 1. The van der Waals surface area contributed by atoms with Gasteiger partial charge in [0.1, 0.15) is 79.9 Å². The van der Waals surface area contributed by atoms with Gasteiger partial charge in [-0.2, -0.15) is 0 Å². The van der Waals surface area contributed by atoms with Crippen molar-refractivity contribution in [1.82, 2.24) is 0 Å². The number of hydrogen-bond donors (Lipinski definition) is 13. The number of ether oxygens (including phenoxy) is 9. The Morgan fingerprint density at radius 2 is 1.15 bits per heavy atom. The second-order valence-corrected chi connectivity index (χ2v) is 19.0.